The lowest BCUT2D eigenvalue weighted by molar-refractivity contribution is 0.131. The van der Waals surface area contributed by atoms with Crippen LogP contribution in [0.1, 0.15) is 38.7 Å². The molecule has 0 saturated heterocycles. The van der Waals surface area contributed by atoms with Crippen LogP contribution in [0.4, 0.5) is 0 Å². The highest BCUT2D eigenvalue weighted by Crippen LogP contribution is 2.51. The van der Waals surface area contributed by atoms with Gasteiger partial charge in [0.1, 0.15) is 5.75 Å². The molecule has 2 heteroatoms. The Morgan fingerprint density at radius 3 is 2.61 bits per heavy atom. The first-order chi connectivity index (χ1) is 8.75. The highest BCUT2D eigenvalue weighted by Gasteiger charge is 2.45. The normalized spacial score (nSPS) is 26.7. The molecule has 0 unspecified atom stereocenters. The fraction of sp³-hybridized carbons (Fsp3) is 0.625. The van der Waals surface area contributed by atoms with Crippen LogP contribution >= 0.6 is 0 Å². The molecule has 1 aromatic rings. The Labute approximate surface area is 111 Å². The third kappa shape index (κ3) is 2.39. The predicted octanol–water partition coefficient (Wildman–Crippen LogP) is 3.36. The van der Waals surface area contributed by atoms with Crippen molar-refractivity contribution >= 4 is 0 Å². The van der Waals surface area contributed by atoms with Crippen LogP contribution in [0.25, 0.3) is 0 Å². The number of methoxy groups -OCH3 is 1. The lowest BCUT2D eigenvalue weighted by Crippen LogP contribution is -2.48. The molecule has 0 atom stereocenters. The molecule has 1 aliphatic carbocycles. The van der Waals surface area contributed by atoms with Gasteiger partial charge in [0.25, 0.3) is 0 Å². The lowest BCUT2D eigenvalue weighted by Gasteiger charge is -2.49. The molecule has 2 nitrogen and oxygen atoms in total. The van der Waals surface area contributed by atoms with Gasteiger partial charge in [0.15, 0.2) is 0 Å². The van der Waals surface area contributed by atoms with Crippen LogP contribution in [-0.4, -0.2) is 20.2 Å². The molecule has 1 aromatic carbocycles. The molecule has 1 aliphatic rings. The standard InChI is InChI=1S/C16H25NO/c1-4-13-10-16(11-13,12-17-5-2)14-8-6-7-9-15(14)18-3/h6-9,13,17H,4-5,10-12H2,1-3H3. The van der Waals surface area contributed by atoms with Gasteiger partial charge in [0.2, 0.25) is 0 Å². The summed E-state index contributed by atoms with van der Waals surface area (Å²) in [4.78, 5) is 0. The van der Waals surface area contributed by atoms with Crippen molar-refractivity contribution in [2.45, 2.75) is 38.5 Å². The zero-order valence-corrected chi connectivity index (χ0v) is 11.8. The van der Waals surface area contributed by atoms with E-state index in [0.29, 0.717) is 5.41 Å². The molecule has 1 fully saturated rings. The summed E-state index contributed by atoms with van der Waals surface area (Å²) in [5.41, 5.74) is 1.68. The van der Waals surface area contributed by atoms with Gasteiger partial charge in [-0.2, -0.15) is 0 Å². The lowest BCUT2D eigenvalue weighted by atomic mass is 9.57. The van der Waals surface area contributed by atoms with E-state index < -0.39 is 0 Å². The quantitative estimate of drug-likeness (QED) is 0.832. The van der Waals surface area contributed by atoms with Crippen molar-refractivity contribution in [1.29, 1.82) is 0 Å². The van der Waals surface area contributed by atoms with E-state index in [2.05, 4.69) is 43.4 Å². The fourth-order valence-corrected chi connectivity index (χ4v) is 3.24. The Hall–Kier alpha value is -1.02. The molecule has 1 saturated carbocycles. The van der Waals surface area contributed by atoms with Crippen LogP contribution in [0.5, 0.6) is 5.75 Å². The van der Waals surface area contributed by atoms with E-state index in [1.165, 1.54) is 24.8 Å². The molecule has 18 heavy (non-hydrogen) atoms. The van der Waals surface area contributed by atoms with E-state index in [1.54, 1.807) is 7.11 Å². The third-order valence-electron chi connectivity index (χ3n) is 4.33. The Kier molecular flexibility index (Phi) is 4.28. The summed E-state index contributed by atoms with van der Waals surface area (Å²) < 4.78 is 5.55. The SMILES string of the molecule is CCNCC1(c2ccccc2OC)CC(CC)C1. The van der Waals surface area contributed by atoms with Crippen LogP contribution in [0.3, 0.4) is 0 Å². The number of ether oxygens (including phenoxy) is 1. The largest absolute Gasteiger partial charge is 0.496 e. The summed E-state index contributed by atoms with van der Waals surface area (Å²) in [7, 11) is 1.77. The molecule has 0 aromatic heterocycles. The van der Waals surface area contributed by atoms with Crippen molar-refractivity contribution in [3.8, 4) is 5.75 Å². The molecule has 100 valence electrons. The van der Waals surface area contributed by atoms with E-state index in [4.69, 9.17) is 4.74 Å². The van der Waals surface area contributed by atoms with Gasteiger partial charge in [-0.1, -0.05) is 38.5 Å². The van der Waals surface area contributed by atoms with Gasteiger partial charge < -0.3 is 10.1 Å². The van der Waals surface area contributed by atoms with Gasteiger partial charge in [0, 0.05) is 17.5 Å². The monoisotopic (exact) mass is 247 g/mol. The highest BCUT2D eigenvalue weighted by atomic mass is 16.5. The summed E-state index contributed by atoms with van der Waals surface area (Å²) in [6, 6.07) is 8.51. The predicted molar refractivity (Wildman–Crippen MR) is 76.2 cm³/mol. The van der Waals surface area contributed by atoms with Gasteiger partial charge >= 0.3 is 0 Å². The summed E-state index contributed by atoms with van der Waals surface area (Å²) in [6.45, 7) is 6.57. The van der Waals surface area contributed by atoms with Crippen molar-refractivity contribution in [2.24, 2.45) is 5.92 Å². The van der Waals surface area contributed by atoms with Crippen LogP contribution in [-0.2, 0) is 5.41 Å². The smallest absolute Gasteiger partial charge is 0.122 e. The molecule has 1 N–H and O–H groups in total. The average Bonchev–Trinajstić information content (AvgIpc) is 2.38. The van der Waals surface area contributed by atoms with Gasteiger partial charge in [-0.3, -0.25) is 0 Å². The third-order valence-corrected chi connectivity index (χ3v) is 4.33. The van der Waals surface area contributed by atoms with Crippen LogP contribution in [0, 0.1) is 5.92 Å². The molecule has 0 bridgehead atoms. The summed E-state index contributed by atoms with van der Waals surface area (Å²) in [5.74, 6) is 1.93. The number of nitrogens with one attached hydrogen (secondary N) is 1. The van der Waals surface area contributed by atoms with Crippen LogP contribution < -0.4 is 10.1 Å². The van der Waals surface area contributed by atoms with Gasteiger partial charge in [-0.05, 0) is 31.4 Å². The van der Waals surface area contributed by atoms with Gasteiger partial charge in [-0.15, -0.1) is 0 Å². The maximum absolute atomic E-state index is 5.55. The van der Waals surface area contributed by atoms with E-state index in [1.807, 2.05) is 0 Å². The Morgan fingerprint density at radius 2 is 2.00 bits per heavy atom. The van der Waals surface area contributed by atoms with E-state index in [9.17, 15) is 0 Å². The maximum Gasteiger partial charge on any atom is 0.122 e. The number of para-hydroxylation sites is 1. The summed E-state index contributed by atoms with van der Waals surface area (Å²) in [6.07, 6.45) is 3.87. The number of benzene rings is 1. The molecular formula is C16H25NO. The van der Waals surface area contributed by atoms with Gasteiger partial charge in [0.05, 0.1) is 7.11 Å². The minimum absolute atomic E-state index is 0.295. The molecular weight excluding hydrogens is 222 g/mol. The number of hydrogen-bond acceptors (Lipinski definition) is 2. The second kappa shape index (κ2) is 5.75. The first-order valence-electron chi connectivity index (χ1n) is 7.10. The topological polar surface area (TPSA) is 21.3 Å². The number of likely N-dealkylation sites (N-methyl/N-ethyl adjacent to an activating group) is 1. The van der Waals surface area contributed by atoms with E-state index in [-0.39, 0.29) is 0 Å². The Balaban J connectivity index is 2.24. The van der Waals surface area contributed by atoms with Crippen LogP contribution in [0.2, 0.25) is 0 Å². The number of hydrogen-bond donors (Lipinski definition) is 1. The molecule has 0 amide bonds. The van der Waals surface area contributed by atoms with Crippen molar-refractivity contribution in [3.63, 3.8) is 0 Å². The van der Waals surface area contributed by atoms with Crippen molar-refractivity contribution < 1.29 is 4.74 Å². The zero-order chi connectivity index (χ0) is 13.0. The summed E-state index contributed by atoms with van der Waals surface area (Å²) in [5, 5.41) is 3.53. The molecule has 0 heterocycles. The van der Waals surface area contributed by atoms with Crippen molar-refractivity contribution in [2.75, 3.05) is 20.2 Å². The van der Waals surface area contributed by atoms with E-state index >= 15 is 0 Å². The number of rotatable bonds is 6. The highest BCUT2D eigenvalue weighted by molar-refractivity contribution is 5.42. The molecule has 2 rings (SSSR count). The molecule has 0 aliphatic heterocycles. The second-order valence-electron chi connectivity index (χ2n) is 5.44. The van der Waals surface area contributed by atoms with Gasteiger partial charge in [-0.25, -0.2) is 0 Å². The zero-order valence-electron chi connectivity index (χ0n) is 11.8. The fourth-order valence-electron chi connectivity index (χ4n) is 3.24. The van der Waals surface area contributed by atoms with Crippen molar-refractivity contribution in [1.82, 2.24) is 5.32 Å². The Bertz CT molecular complexity index is 377. The van der Waals surface area contributed by atoms with Crippen molar-refractivity contribution in [3.05, 3.63) is 29.8 Å². The first kappa shape index (κ1) is 13.4. The summed E-state index contributed by atoms with van der Waals surface area (Å²) >= 11 is 0. The van der Waals surface area contributed by atoms with Crippen LogP contribution in [0.15, 0.2) is 24.3 Å². The minimum atomic E-state index is 0.295. The molecule has 0 radical (unpaired) electrons. The van der Waals surface area contributed by atoms with E-state index in [0.717, 1.165) is 24.8 Å². The molecule has 0 spiro atoms. The maximum atomic E-state index is 5.55. The first-order valence-corrected chi connectivity index (χ1v) is 7.10. The second-order valence-corrected chi connectivity index (χ2v) is 5.44. The Morgan fingerprint density at radius 1 is 1.28 bits per heavy atom. The minimum Gasteiger partial charge on any atom is -0.496 e. The average molecular weight is 247 g/mol.